The Morgan fingerprint density at radius 2 is 2.11 bits per heavy atom. The van der Waals surface area contributed by atoms with E-state index in [1.165, 1.54) is 0 Å². The van der Waals surface area contributed by atoms with Gasteiger partial charge in [0.05, 0.1) is 12.0 Å². The number of anilines is 1. The van der Waals surface area contributed by atoms with Crippen molar-refractivity contribution in [3.05, 3.63) is 17.0 Å². The summed E-state index contributed by atoms with van der Waals surface area (Å²) in [6.07, 6.45) is -4.58. The molecule has 104 valence electrons. The van der Waals surface area contributed by atoms with Gasteiger partial charge in [0.25, 0.3) is 0 Å². The zero-order valence-corrected chi connectivity index (χ0v) is 11.1. The van der Waals surface area contributed by atoms with Crippen LogP contribution in [-0.4, -0.2) is 23.1 Å². The fourth-order valence-electron chi connectivity index (χ4n) is 1.47. The number of aromatic nitrogens is 2. The number of halogens is 4. The molecule has 0 N–H and O–H groups in total. The lowest BCUT2D eigenvalue weighted by Crippen LogP contribution is -2.29. The highest BCUT2D eigenvalue weighted by Gasteiger charge is 2.34. The zero-order chi connectivity index (χ0) is 14.6. The van der Waals surface area contributed by atoms with E-state index in [4.69, 9.17) is 16.9 Å². The predicted molar refractivity (Wildman–Crippen MR) is 64.7 cm³/mol. The van der Waals surface area contributed by atoms with E-state index in [0.29, 0.717) is 6.54 Å². The molecule has 1 rings (SSSR count). The fourth-order valence-corrected chi connectivity index (χ4v) is 1.65. The number of nitrogens with zero attached hydrogens (tertiary/aromatic N) is 4. The Morgan fingerprint density at radius 3 is 2.58 bits per heavy atom. The molecule has 0 aromatic carbocycles. The molecule has 0 spiro atoms. The zero-order valence-electron chi connectivity index (χ0n) is 10.4. The van der Waals surface area contributed by atoms with E-state index in [2.05, 4.69) is 9.97 Å². The minimum Gasteiger partial charge on any atom is -0.355 e. The molecule has 0 fully saturated rings. The van der Waals surface area contributed by atoms with Crippen molar-refractivity contribution in [3.8, 4) is 6.07 Å². The van der Waals surface area contributed by atoms with Crippen molar-refractivity contribution in [3.63, 3.8) is 0 Å². The highest BCUT2D eigenvalue weighted by atomic mass is 35.5. The second-order valence-corrected chi connectivity index (χ2v) is 4.29. The number of hydrogen-bond donors (Lipinski definition) is 0. The van der Waals surface area contributed by atoms with Gasteiger partial charge in [-0.2, -0.15) is 18.4 Å². The number of nitriles is 1. The second-order valence-electron chi connectivity index (χ2n) is 3.95. The summed E-state index contributed by atoms with van der Waals surface area (Å²) in [7, 11) is 0. The van der Waals surface area contributed by atoms with Crippen LogP contribution in [0.5, 0.6) is 0 Å². The normalized spacial score (nSPS) is 12.9. The Bertz CT molecular complexity index is 484. The summed E-state index contributed by atoms with van der Waals surface area (Å²) in [5, 5.41) is 8.28. The summed E-state index contributed by atoms with van der Waals surface area (Å²) in [6, 6.07) is 2.85. The van der Waals surface area contributed by atoms with E-state index in [0.717, 1.165) is 6.07 Å². The third kappa shape index (κ3) is 4.24. The fraction of sp³-hybridized carbons (Fsp3) is 0.545. The van der Waals surface area contributed by atoms with Crippen molar-refractivity contribution in [2.45, 2.75) is 20.0 Å². The SMILES string of the molecule is CCN(CC(C)C#N)c1cc(C(F)(F)F)nc(Cl)n1. The smallest absolute Gasteiger partial charge is 0.355 e. The molecule has 0 saturated carbocycles. The van der Waals surface area contributed by atoms with Gasteiger partial charge in [0.15, 0.2) is 5.69 Å². The molecule has 1 unspecified atom stereocenters. The topological polar surface area (TPSA) is 52.8 Å². The highest BCUT2D eigenvalue weighted by Crippen LogP contribution is 2.30. The van der Waals surface area contributed by atoms with Gasteiger partial charge in [-0.05, 0) is 25.4 Å². The largest absolute Gasteiger partial charge is 0.433 e. The summed E-state index contributed by atoms with van der Waals surface area (Å²) in [5.74, 6) is -0.264. The summed E-state index contributed by atoms with van der Waals surface area (Å²) in [6.45, 7) is 4.12. The van der Waals surface area contributed by atoms with Crippen LogP contribution < -0.4 is 4.90 Å². The van der Waals surface area contributed by atoms with Gasteiger partial charge >= 0.3 is 6.18 Å². The lowest BCUT2D eigenvalue weighted by atomic mass is 10.2. The first-order valence-electron chi connectivity index (χ1n) is 5.54. The van der Waals surface area contributed by atoms with E-state index in [1.807, 2.05) is 6.07 Å². The van der Waals surface area contributed by atoms with Crippen LogP contribution in [0.2, 0.25) is 5.28 Å². The quantitative estimate of drug-likeness (QED) is 0.800. The maximum atomic E-state index is 12.6. The van der Waals surface area contributed by atoms with Crippen molar-refractivity contribution in [1.82, 2.24) is 9.97 Å². The molecular formula is C11H12ClF3N4. The van der Waals surface area contributed by atoms with Crippen LogP contribution in [0.3, 0.4) is 0 Å². The number of rotatable bonds is 4. The molecule has 1 heterocycles. The maximum absolute atomic E-state index is 12.6. The lowest BCUT2D eigenvalue weighted by Gasteiger charge is -2.23. The van der Waals surface area contributed by atoms with Gasteiger partial charge in [-0.3, -0.25) is 0 Å². The third-order valence-corrected chi connectivity index (χ3v) is 2.57. The molecule has 0 aliphatic heterocycles. The summed E-state index contributed by atoms with van der Waals surface area (Å²) in [5.41, 5.74) is -1.09. The van der Waals surface area contributed by atoms with Gasteiger partial charge in [0.1, 0.15) is 5.82 Å². The van der Waals surface area contributed by atoms with Gasteiger partial charge < -0.3 is 4.90 Å². The average Bonchev–Trinajstić information content (AvgIpc) is 2.33. The first-order chi connectivity index (χ1) is 8.77. The van der Waals surface area contributed by atoms with Crippen molar-refractivity contribution in [1.29, 1.82) is 5.26 Å². The van der Waals surface area contributed by atoms with Gasteiger partial charge in [-0.25, -0.2) is 9.97 Å². The Kier molecular flexibility index (Phi) is 4.95. The molecule has 0 saturated heterocycles. The van der Waals surface area contributed by atoms with Crippen LogP contribution in [-0.2, 0) is 6.18 Å². The van der Waals surface area contributed by atoms with Crippen LogP contribution in [0.4, 0.5) is 19.0 Å². The molecule has 1 aromatic heterocycles. The molecular weight excluding hydrogens is 281 g/mol. The summed E-state index contributed by atoms with van der Waals surface area (Å²) < 4.78 is 37.9. The molecule has 4 nitrogen and oxygen atoms in total. The highest BCUT2D eigenvalue weighted by molar-refractivity contribution is 6.28. The van der Waals surface area contributed by atoms with Crippen molar-refractivity contribution < 1.29 is 13.2 Å². The van der Waals surface area contributed by atoms with Gasteiger partial charge in [0.2, 0.25) is 5.28 Å². The molecule has 8 heteroatoms. The van der Waals surface area contributed by atoms with Crippen LogP contribution in [0.1, 0.15) is 19.5 Å². The standard InChI is InChI=1S/C11H12ClF3N4/c1-3-19(6-7(2)5-16)9-4-8(11(13,14)15)17-10(12)18-9/h4,7H,3,6H2,1-2H3. The first kappa shape index (κ1) is 15.5. The second kappa shape index (κ2) is 6.06. The number of hydrogen-bond acceptors (Lipinski definition) is 4. The average molecular weight is 293 g/mol. The lowest BCUT2D eigenvalue weighted by molar-refractivity contribution is -0.141. The predicted octanol–water partition coefficient (Wildman–Crippen LogP) is 3.13. The molecule has 0 radical (unpaired) electrons. The summed E-state index contributed by atoms with van der Waals surface area (Å²) >= 11 is 5.51. The van der Waals surface area contributed by atoms with Crippen LogP contribution >= 0.6 is 11.6 Å². The van der Waals surface area contributed by atoms with Crippen LogP contribution in [0.15, 0.2) is 6.07 Å². The minimum atomic E-state index is -4.58. The first-order valence-corrected chi connectivity index (χ1v) is 5.92. The molecule has 0 bridgehead atoms. The van der Waals surface area contributed by atoms with Crippen molar-refractivity contribution >= 4 is 17.4 Å². The van der Waals surface area contributed by atoms with E-state index >= 15 is 0 Å². The molecule has 1 aromatic rings. The third-order valence-electron chi connectivity index (χ3n) is 2.40. The Hall–Kier alpha value is -1.55. The monoisotopic (exact) mass is 292 g/mol. The van der Waals surface area contributed by atoms with Gasteiger partial charge in [-0.1, -0.05) is 0 Å². The molecule has 0 aliphatic carbocycles. The van der Waals surface area contributed by atoms with Gasteiger partial charge in [-0.15, -0.1) is 0 Å². The van der Waals surface area contributed by atoms with Crippen LogP contribution in [0.25, 0.3) is 0 Å². The summed E-state index contributed by atoms with van der Waals surface area (Å²) in [4.78, 5) is 8.49. The molecule has 19 heavy (non-hydrogen) atoms. The Balaban J connectivity index is 3.11. The van der Waals surface area contributed by atoms with E-state index < -0.39 is 17.2 Å². The van der Waals surface area contributed by atoms with Crippen LogP contribution in [0, 0.1) is 17.2 Å². The van der Waals surface area contributed by atoms with Crippen molar-refractivity contribution in [2.75, 3.05) is 18.0 Å². The van der Waals surface area contributed by atoms with Crippen molar-refractivity contribution in [2.24, 2.45) is 5.92 Å². The van der Waals surface area contributed by atoms with E-state index in [9.17, 15) is 13.2 Å². The molecule has 1 atom stereocenters. The Labute approximate surface area is 113 Å². The maximum Gasteiger partial charge on any atom is 0.433 e. The molecule has 0 amide bonds. The molecule has 0 aliphatic rings. The van der Waals surface area contributed by atoms with Gasteiger partial charge in [0, 0.05) is 19.2 Å². The minimum absolute atomic E-state index is 0.0666. The van der Waals surface area contributed by atoms with E-state index in [-0.39, 0.29) is 18.3 Å². The number of alkyl halides is 3. The van der Waals surface area contributed by atoms with E-state index in [1.54, 1.807) is 18.7 Å². The Morgan fingerprint density at radius 1 is 1.47 bits per heavy atom.